The highest BCUT2D eigenvalue weighted by atomic mass is 32.5. The van der Waals surface area contributed by atoms with Crippen LogP contribution >= 0.6 is 6.64 Å². The summed E-state index contributed by atoms with van der Waals surface area (Å²) in [6, 6.07) is 8.87. The highest BCUT2D eigenvalue weighted by Crippen LogP contribution is 2.46. The van der Waals surface area contributed by atoms with E-state index in [1.165, 1.54) is 7.11 Å². The number of rotatable bonds is 11. The number of aromatic nitrogens is 4. The van der Waals surface area contributed by atoms with Crippen LogP contribution in [-0.4, -0.2) is 77.4 Å². The monoisotopic (exact) mass is 612 g/mol. The van der Waals surface area contributed by atoms with E-state index in [1.54, 1.807) is 45.0 Å². The summed E-state index contributed by atoms with van der Waals surface area (Å²) in [6.07, 6.45) is -2.20. The molecule has 17 heteroatoms. The third-order valence-corrected chi connectivity index (χ3v) is 7.84. The van der Waals surface area contributed by atoms with E-state index in [2.05, 4.69) is 20.0 Å². The van der Waals surface area contributed by atoms with Crippen LogP contribution in [-0.2, 0) is 31.7 Å². The third kappa shape index (κ3) is 6.24. The third-order valence-electron chi connectivity index (χ3n) is 6.13. The number of aliphatic hydroxyl groups is 3. The van der Waals surface area contributed by atoms with Crippen LogP contribution in [0.15, 0.2) is 48.3 Å². The van der Waals surface area contributed by atoms with Gasteiger partial charge in [0.2, 0.25) is 11.8 Å². The number of nitrogens with one attached hydrogen (secondary N) is 1. The average Bonchev–Trinajstić information content (AvgIpc) is 3.40. The topological polar surface area (TPSA) is 209 Å². The van der Waals surface area contributed by atoms with Crippen molar-refractivity contribution in [3.05, 3.63) is 48.3 Å². The summed E-state index contributed by atoms with van der Waals surface area (Å²) in [5, 5.41) is 36.3. The van der Waals surface area contributed by atoms with Crippen LogP contribution in [0, 0.1) is 0 Å². The molecule has 3 heterocycles. The molecule has 4 rings (SSSR count). The van der Waals surface area contributed by atoms with Crippen LogP contribution in [0.4, 0.5) is 5.95 Å². The predicted octanol–water partition coefficient (Wildman–Crippen LogP) is 1.05. The van der Waals surface area contributed by atoms with Gasteiger partial charge in [0.25, 0.3) is 12.6 Å². The SMILES string of the molecule is COc1nc(N)nc2c1ncn2[C@@]1(O)O[C@H](COP(O)(=S)NC(C)=C(Oc2ccccc2)OC(C)C)[C@@H](O)[C@@]1(C)O. The van der Waals surface area contributed by atoms with E-state index in [0.717, 1.165) is 17.8 Å². The van der Waals surface area contributed by atoms with Gasteiger partial charge in [0.05, 0.1) is 25.5 Å². The van der Waals surface area contributed by atoms with Crippen molar-refractivity contribution >= 4 is 35.6 Å². The number of benzene rings is 1. The summed E-state index contributed by atoms with van der Waals surface area (Å²) in [5.74, 6) is -2.19. The molecule has 1 aliphatic heterocycles. The Hall–Kier alpha value is -3.08. The van der Waals surface area contributed by atoms with E-state index in [-0.39, 0.29) is 40.7 Å². The Morgan fingerprint density at radius 3 is 2.59 bits per heavy atom. The summed E-state index contributed by atoms with van der Waals surface area (Å²) in [7, 11) is 1.35. The fraction of sp³-hybridized carbons (Fsp3) is 0.458. The van der Waals surface area contributed by atoms with E-state index in [9.17, 15) is 20.2 Å². The second kappa shape index (κ2) is 11.7. The zero-order valence-electron chi connectivity index (χ0n) is 23.0. The zero-order valence-corrected chi connectivity index (χ0v) is 24.7. The fourth-order valence-electron chi connectivity index (χ4n) is 4.09. The normalized spacial score (nSPS) is 26.5. The number of ether oxygens (including phenoxy) is 4. The average molecular weight is 613 g/mol. The first-order valence-corrected chi connectivity index (χ1v) is 15.1. The molecule has 5 atom stereocenters. The molecule has 2 aromatic heterocycles. The molecule has 1 saturated heterocycles. The number of nitrogen functional groups attached to an aromatic ring is 1. The summed E-state index contributed by atoms with van der Waals surface area (Å²) in [6.45, 7) is 2.03. The van der Waals surface area contributed by atoms with Gasteiger partial charge >= 0.3 is 5.95 Å². The number of methoxy groups -OCH3 is 1. The van der Waals surface area contributed by atoms with Crippen molar-refractivity contribution in [1.29, 1.82) is 0 Å². The number of nitrogens with two attached hydrogens (primary N) is 1. The van der Waals surface area contributed by atoms with Crippen LogP contribution in [0.2, 0.25) is 0 Å². The molecule has 1 fully saturated rings. The molecule has 0 aliphatic carbocycles. The predicted molar refractivity (Wildman–Crippen MR) is 150 cm³/mol. The Kier molecular flexibility index (Phi) is 8.78. The molecular weight excluding hydrogens is 579 g/mol. The van der Waals surface area contributed by atoms with Gasteiger partial charge in [-0.1, -0.05) is 18.2 Å². The first-order chi connectivity index (χ1) is 19.2. The molecule has 0 amide bonds. The maximum atomic E-state index is 11.5. The van der Waals surface area contributed by atoms with Crippen molar-refractivity contribution in [3.8, 4) is 11.6 Å². The molecule has 0 bridgehead atoms. The largest absolute Gasteiger partial charge is 0.479 e. The number of hydrogen-bond acceptors (Lipinski definition) is 13. The van der Waals surface area contributed by atoms with Crippen LogP contribution in [0.1, 0.15) is 27.7 Å². The van der Waals surface area contributed by atoms with Crippen molar-refractivity contribution in [1.82, 2.24) is 24.6 Å². The van der Waals surface area contributed by atoms with Gasteiger partial charge in [0, 0.05) is 0 Å². The lowest BCUT2D eigenvalue weighted by molar-refractivity contribution is -0.317. The van der Waals surface area contributed by atoms with Crippen molar-refractivity contribution in [2.45, 2.75) is 57.5 Å². The van der Waals surface area contributed by atoms with Crippen molar-refractivity contribution in [2.75, 3.05) is 19.5 Å². The van der Waals surface area contributed by atoms with E-state index >= 15 is 0 Å². The van der Waals surface area contributed by atoms with E-state index in [1.807, 2.05) is 6.07 Å². The standard InChI is InChI=1S/C24H33N6O9PS/c1-13(2)37-21(38-15-9-7-6-8-10-15)14(3)29-40(34,41)36-11-16-18(31)23(4,32)24(33,39-16)30-12-26-17-19(30)27-22(25)28-20(17)35-5/h6-10,12-13,16,18,31-33H,11H2,1-5H3,(H2,25,27,28)(H2,29,34,41)/t16-,18-,23-,24+,40?/m1/s1. The minimum Gasteiger partial charge on any atom is -0.479 e. The van der Waals surface area contributed by atoms with Crippen LogP contribution in [0.3, 0.4) is 0 Å². The van der Waals surface area contributed by atoms with E-state index in [4.69, 9.17) is 41.0 Å². The summed E-state index contributed by atoms with van der Waals surface area (Å²) in [4.78, 5) is 23.0. The number of nitrogens with zero attached hydrogens (tertiary/aromatic N) is 4. The Labute approximate surface area is 240 Å². The quantitative estimate of drug-likeness (QED) is 0.132. The number of para-hydroxylation sites is 1. The first kappa shape index (κ1) is 30.9. The molecule has 1 aromatic carbocycles. The Balaban J connectivity index is 1.53. The van der Waals surface area contributed by atoms with Gasteiger partial charge < -0.3 is 54.5 Å². The second-order valence-corrected chi connectivity index (χ2v) is 12.7. The lowest BCUT2D eigenvalue weighted by Crippen LogP contribution is -2.55. The smallest absolute Gasteiger partial charge is 0.305 e. The molecule has 7 N–H and O–H groups in total. The molecule has 0 spiro atoms. The van der Waals surface area contributed by atoms with Gasteiger partial charge in [0.1, 0.15) is 24.3 Å². The first-order valence-electron chi connectivity index (χ1n) is 12.4. The Bertz CT molecular complexity index is 1470. The van der Waals surface area contributed by atoms with Gasteiger partial charge in [-0.2, -0.15) is 9.97 Å². The van der Waals surface area contributed by atoms with Crippen molar-refractivity contribution < 1.29 is 43.7 Å². The van der Waals surface area contributed by atoms with E-state index in [0.29, 0.717) is 5.75 Å². The van der Waals surface area contributed by atoms with Crippen LogP contribution in [0.5, 0.6) is 11.6 Å². The van der Waals surface area contributed by atoms with Crippen molar-refractivity contribution in [3.63, 3.8) is 0 Å². The maximum absolute atomic E-state index is 11.5. The van der Waals surface area contributed by atoms with Crippen LogP contribution in [0.25, 0.3) is 11.2 Å². The molecule has 3 aromatic rings. The summed E-state index contributed by atoms with van der Waals surface area (Å²) in [5.41, 5.74) is 3.79. The van der Waals surface area contributed by atoms with Gasteiger partial charge in [-0.3, -0.25) is 4.57 Å². The molecule has 1 aliphatic rings. The lowest BCUT2D eigenvalue weighted by Gasteiger charge is -2.34. The molecule has 224 valence electrons. The fourth-order valence-corrected chi connectivity index (χ4v) is 5.61. The number of fused-ring (bicyclic) bond motifs is 1. The lowest BCUT2D eigenvalue weighted by atomic mass is 9.94. The number of anilines is 1. The van der Waals surface area contributed by atoms with Gasteiger partial charge in [-0.15, -0.1) is 0 Å². The molecule has 15 nitrogen and oxygen atoms in total. The van der Waals surface area contributed by atoms with Gasteiger partial charge in [-0.25, -0.2) is 4.98 Å². The second-order valence-electron chi connectivity index (χ2n) is 9.66. The maximum Gasteiger partial charge on any atom is 0.305 e. The minimum absolute atomic E-state index is 0.0282. The Morgan fingerprint density at radius 2 is 1.95 bits per heavy atom. The number of hydrogen-bond donors (Lipinski definition) is 6. The Morgan fingerprint density at radius 1 is 1.27 bits per heavy atom. The molecule has 41 heavy (non-hydrogen) atoms. The van der Waals surface area contributed by atoms with Crippen molar-refractivity contribution in [2.24, 2.45) is 0 Å². The number of allylic oxidation sites excluding steroid dienone is 1. The molecule has 1 unspecified atom stereocenters. The molecular formula is C24H33N6O9PS. The summed E-state index contributed by atoms with van der Waals surface area (Å²) >= 11 is 5.26. The number of imidazole rings is 1. The zero-order chi connectivity index (χ0) is 30.2. The van der Waals surface area contributed by atoms with E-state index < -0.39 is 37.0 Å². The van der Waals surface area contributed by atoms with Gasteiger partial charge in [0.15, 0.2) is 16.8 Å². The van der Waals surface area contributed by atoms with Gasteiger partial charge in [-0.05, 0) is 51.6 Å². The highest BCUT2D eigenvalue weighted by molar-refractivity contribution is 8.08. The molecule has 0 radical (unpaired) electrons. The van der Waals surface area contributed by atoms with Crippen LogP contribution < -0.4 is 20.3 Å². The minimum atomic E-state index is -3.79. The highest BCUT2D eigenvalue weighted by Gasteiger charge is 2.64. The molecule has 0 saturated carbocycles. The summed E-state index contributed by atoms with van der Waals surface area (Å²) < 4.78 is 29.0. The number of aliphatic hydroxyl groups excluding tert-OH is 1.